The van der Waals surface area contributed by atoms with Crippen molar-refractivity contribution in [1.29, 1.82) is 0 Å². The summed E-state index contributed by atoms with van der Waals surface area (Å²) in [5, 5.41) is 3.60. The Hall–Kier alpha value is -1.60. The Balaban J connectivity index is 1.66. The summed E-state index contributed by atoms with van der Waals surface area (Å²) in [5.41, 5.74) is 8.61. The topological polar surface area (TPSA) is 92.5 Å². The number of nitrogens with zero attached hydrogens (tertiary/aromatic N) is 1. The van der Waals surface area contributed by atoms with Crippen LogP contribution in [0.3, 0.4) is 0 Å². The van der Waals surface area contributed by atoms with E-state index >= 15 is 0 Å². The SMILES string of the molecule is CS(=O)(=O)CCN1CCC(C2=C(C(N)=O)C=CC(C3=CCCCC3)N2)CC1. The van der Waals surface area contributed by atoms with Gasteiger partial charge in [0.25, 0.3) is 0 Å². The standard InChI is InChI=1S/C20H31N3O3S/c1-27(25,26)14-13-23-11-9-16(10-12-23)19-17(20(21)24)7-8-18(22-19)15-5-3-2-4-6-15/h5,7-8,16,18,22H,2-4,6,9-14H2,1H3,(H2,21,24). The minimum atomic E-state index is -2.94. The summed E-state index contributed by atoms with van der Waals surface area (Å²) in [6.07, 6.45) is 14.1. The molecule has 27 heavy (non-hydrogen) atoms. The molecule has 1 aliphatic carbocycles. The maximum atomic E-state index is 11.9. The third-order valence-electron chi connectivity index (χ3n) is 5.82. The largest absolute Gasteiger partial charge is 0.377 e. The minimum absolute atomic E-state index is 0.159. The van der Waals surface area contributed by atoms with Gasteiger partial charge in [0.1, 0.15) is 9.84 Å². The molecule has 1 fully saturated rings. The molecule has 0 spiro atoms. The lowest BCUT2D eigenvalue weighted by Crippen LogP contribution is -2.42. The molecule has 0 aromatic carbocycles. The number of sulfone groups is 1. The van der Waals surface area contributed by atoms with Crippen LogP contribution >= 0.6 is 0 Å². The lowest BCUT2D eigenvalue weighted by atomic mass is 9.85. The Morgan fingerprint density at radius 1 is 1.30 bits per heavy atom. The van der Waals surface area contributed by atoms with E-state index in [2.05, 4.69) is 22.4 Å². The molecule has 150 valence electrons. The third kappa shape index (κ3) is 5.45. The Bertz CT molecular complexity index is 759. The van der Waals surface area contributed by atoms with Crippen molar-refractivity contribution in [3.8, 4) is 0 Å². The van der Waals surface area contributed by atoms with Crippen molar-refractivity contribution >= 4 is 15.7 Å². The van der Waals surface area contributed by atoms with E-state index in [1.165, 1.54) is 24.7 Å². The predicted molar refractivity (Wildman–Crippen MR) is 108 cm³/mol. The summed E-state index contributed by atoms with van der Waals surface area (Å²) in [6.45, 7) is 2.26. The lowest BCUT2D eigenvalue weighted by molar-refractivity contribution is -0.114. The molecule has 0 saturated carbocycles. The molecule has 1 amide bonds. The van der Waals surface area contributed by atoms with Gasteiger partial charge in [-0.15, -0.1) is 0 Å². The summed E-state index contributed by atoms with van der Waals surface area (Å²) in [7, 11) is -2.94. The summed E-state index contributed by atoms with van der Waals surface area (Å²) < 4.78 is 22.8. The average Bonchev–Trinajstić information content (AvgIpc) is 2.66. The first-order valence-corrected chi connectivity index (χ1v) is 12.0. The van der Waals surface area contributed by atoms with Gasteiger partial charge in [-0.25, -0.2) is 8.42 Å². The number of hydrogen-bond acceptors (Lipinski definition) is 5. The van der Waals surface area contributed by atoms with Gasteiger partial charge in [0.2, 0.25) is 5.91 Å². The van der Waals surface area contributed by atoms with E-state index in [1.807, 2.05) is 6.08 Å². The van der Waals surface area contributed by atoms with Crippen LogP contribution in [0.5, 0.6) is 0 Å². The molecule has 1 atom stereocenters. The summed E-state index contributed by atoms with van der Waals surface area (Å²) in [6, 6.07) is 0.159. The Kier molecular flexibility index (Phi) is 6.42. The smallest absolute Gasteiger partial charge is 0.250 e. The maximum absolute atomic E-state index is 11.9. The van der Waals surface area contributed by atoms with Crippen LogP contribution in [0.25, 0.3) is 0 Å². The van der Waals surface area contributed by atoms with Crippen LogP contribution in [0.4, 0.5) is 0 Å². The average molecular weight is 394 g/mol. The van der Waals surface area contributed by atoms with Crippen molar-refractivity contribution in [3.05, 3.63) is 35.1 Å². The number of primary amides is 1. The fraction of sp³-hybridized carbons (Fsp3) is 0.650. The second-order valence-electron chi connectivity index (χ2n) is 7.94. The van der Waals surface area contributed by atoms with Crippen molar-refractivity contribution in [2.45, 2.75) is 44.6 Å². The first kappa shape index (κ1) is 20.1. The number of carbonyl (C=O) groups excluding carboxylic acids is 1. The zero-order chi connectivity index (χ0) is 19.4. The van der Waals surface area contributed by atoms with Crippen LogP contribution in [0, 0.1) is 5.92 Å². The molecule has 7 heteroatoms. The van der Waals surface area contributed by atoms with E-state index in [9.17, 15) is 13.2 Å². The van der Waals surface area contributed by atoms with E-state index < -0.39 is 9.84 Å². The number of nitrogens with one attached hydrogen (secondary N) is 1. The number of allylic oxidation sites excluding steroid dienone is 2. The van der Waals surface area contributed by atoms with Crippen molar-refractivity contribution < 1.29 is 13.2 Å². The Morgan fingerprint density at radius 2 is 2.04 bits per heavy atom. The van der Waals surface area contributed by atoms with Crippen LogP contribution in [0.1, 0.15) is 38.5 Å². The number of nitrogens with two attached hydrogens (primary N) is 1. The van der Waals surface area contributed by atoms with Crippen molar-refractivity contribution in [3.63, 3.8) is 0 Å². The monoisotopic (exact) mass is 393 g/mol. The molecule has 0 aromatic heterocycles. The van der Waals surface area contributed by atoms with Gasteiger partial charge in [-0.1, -0.05) is 12.2 Å². The number of dihydropyridines is 1. The molecule has 0 bridgehead atoms. The zero-order valence-electron chi connectivity index (χ0n) is 16.1. The van der Waals surface area contributed by atoms with E-state index in [1.54, 1.807) is 0 Å². The molecule has 0 aromatic rings. The highest BCUT2D eigenvalue weighted by Crippen LogP contribution is 2.31. The van der Waals surface area contributed by atoms with Gasteiger partial charge in [0.15, 0.2) is 0 Å². The summed E-state index contributed by atoms with van der Waals surface area (Å²) in [4.78, 5) is 14.1. The normalized spacial score (nSPS) is 25.2. The second kappa shape index (κ2) is 8.61. The van der Waals surface area contributed by atoms with Crippen molar-refractivity contribution in [2.24, 2.45) is 11.7 Å². The van der Waals surface area contributed by atoms with Crippen LogP contribution in [-0.4, -0.2) is 56.9 Å². The molecule has 0 radical (unpaired) electrons. The molecular weight excluding hydrogens is 362 g/mol. The summed E-state index contributed by atoms with van der Waals surface area (Å²) in [5.74, 6) is 0.0763. The lowest BCUT2D eigenvalue weighted by Gasteiger charge is -2.37. The van der Waals surface area contributed by atoms with E-state index in [-0.39, 0.29) is 23.6 Å². The van der Waals surface area contributed by atoms with Crippen LogP contribution in [0.15, 0.2) is 35.1 Å². The first-order chi connectivity index (χ1) is 12.8. The highest BCUT2D eigenvalue weighted by Gasteiger charge is 2.29. The highest BCUT2D eigenvalue weighted by atomic mass is 32.2. The fourth-order valence-electron chi connectivity index (χ4n) is 4.23. The number of carbonyl (C=O) groups is 1. The summed E-state index contributed by atoms with van der Waals surface area (Å²) >= 11 is 0. The molecule has 2 aliphatic heterocycles. The van der Waals surface area contributed by atoms with Gasteiger partial charge < -0.3 is 16.0 Å². The number of likely N-dealkylation sites (tertiary alicyclic amines) is 1. The molecule has 1 unspecified atom stereocenters. The molecule has 6 nitrogen and oxygen atoms in total. The zero-order valence-corrected chi connectivity index (χ0v) is 16.9. The molecule has 3 aliphatic rings. The van der Waals surface area contributed by atoms with Crippen molar-refractivity contribution in [2.75, 3.05) is 31.6 Å². The second-order valence-corrected chi connectivity index (χ2v) is 10.2. The minimum Gasteiger partial charge on any atom is -0.377 e. The molecular formula is C20H31N3O3S. The van der Waals surface area contributed by atoms with Crippen molar-refractivity contribution in [1.82, 2.24) is 10.2 Å². The van der Waals surface area contributed by atoms with E-state index in [4.69, 9.17) is 5.73 Å². The van der Waals surface area contributed by atoms with Gasteiger partial charge in [0.05, 0.1) is 17.4 Å². The van der Waals surface area contributed by atoms with Gasteiger partial charge in [-0.3, -0.25) is 4.79 Å². The Morgan fingerprint density at radius 3 is 2.63 bits per heavy atom. The maximum Gasteiger partial charge on any atom is 0.250 e. The van der Waals surface area contributed by atoms with Gasteiger partial charge in [-0.2, -0.15) is 0 Å². The van der Waals surface area contributed by atoms with Crippen LogP contribution in [0.2, 0.25) is 0 Å². The highest BCUT2D eigenvalue weighted by molar-refractivity contribution is 7.90. The fourth-order valence-corrected chi connectivity index (χ4v) is 4.82. The number of rotatable bonds is 6. The predicted octanol–water partition coefficient (Wildman–Crippen LogP) is 1.51. The third-order valence-corrected chi connectivity index (χ3v) is 6.75. The molecule has 1 saturated heterocycles. The number of amides is 1. The Labute approximate surface area is 162 Å². The van der Waals surface area contributed by atoms with Crippen LogP contribution < -0.4 is 11.1 Å². The molecule has 3 rings (SSSR count). The number of hydrogen-bond donors (Lipinski definition) is 2. The van der Waals surface area contributed by atoms with Gasteiger partial charge in [0, 0.05) is 24.4 Å². The van der Waals surface area contributed by atoms with Crippen LogP contribution in [-0.2, 0) is 14.6 Å². The molecule has 2 heterocycles. The first-order valence-electron chi connectivity index (χ1n) is 9.91. The van der Waals surface area contributed by atoms with E-state index in [0.29, 0.717) is 12.1 Å². The van der Waals surface area contributed by atoms with Gasteiger partial charge in [-0.05, 0) is 63.3 Å². The molecule has 3 N–H and O–H groups in total. The van der Waals surface area contributed by atoms with E-state index in [0.717, 1.165) is 44.5 Å². The number of piperidine rings is 1. The van der Waals surface area contributed by atoms with Gasteiger partial charge >= 0.3 is 0 Å². The quantitative estimate of drug-likeness (QED) is 0.668.